The van der Waals surface area contributed by atoms with E-state index < -0.39 is 5.54 Å². The molecule has 3 unspecified atom stereocenters. The van der Waals surface area contributed by atoms with Gasteiger partial charge >= 0.3 is 0 Å². The number of hydrogen-bond acceptors (Lipinski definition) is 4. The van der Waals surface area contributed by atoms with Crippen LogP contribution in [0.4, 0.5) is 5.69 Å². The summed E-state index contributed by atoms with van der Waals surface area (Å²) in [7, 11) is 4.01. The quantitative estimate of drug-likeness (QED) is 0.852. The van der Waals surface area contributed by atoms with E-state index in [1.807, 2.05) is 46.1 Å². The smallest absolute Gasteiger partial charge is 0.246 e. The van der Waals surface area contributed by atoms with Crippen molar-refractivity contribution >= 4 is 11.6 Å². The Balaban J connectivity index is 1.83. The molecule has 1 amide bonds. The van der Waals surface area contributed by atoms with Crippen LogP contribution in [0.25, 0.3) is 0 Å². The summed E-state index contributed by atoms with van der Waals surface area (Å²) in [5.74, 6) is 0.0694. The van der Waals surface area contributed by atoms with Crippen LogP contribution in [0, 0.1) is 13.8 Å². The molecular formula is C22H35N3O2. The lowest BCUT2D eigenvalue weighted by molar-refractivity contribution is -0.132. The number of amides is 1. The molecule has 1 aliphatic heterocycles. The maximum absolute atomic E-state index is 13.5. The fraction of sp³-hybridized carbons (Fsp3) is 0.682. The van der Waals surface area contributed by atoms with Crippen LogP contribution in [0.5, 0.6) is 0 Å². The first-order valence-corrected chi connectivity index (χ1v) is 10.3. The number of aliphatic hydroxyl groups is 1. The molecule has 0 bridgehead atoms. The van der Waals surface area contributed by atoms with E-state index in [9.17, 15) is 9.90 Å². The number of nitrogens with one attached hydrogen (secondary N) is 1. The van der Waals surface area contributed by atoms with E-state index >= 15 is 0 Å². The SMILES string of the molecule is Cc1cccc(C)c1NC(=O)C1(N(C)C)CCCN(C2CCCCC2O)C1. The summed E-state index contributed by atoms with van der Waals surface area (Å²) in [6.07, 6.45) is 5.74. The molecule has 1 saturated carbocycles. The summed E-state index contributed by atoms with van der Waals surface area (Å²) in [6, 6.07) is 6.29. The number of rotatable bonds is 4. The van der Waals surface area contributed by atoms with Gasteiger partial charge in [0.15, 0.2) is 0 Å². The maximum Gasteiger partial charge on any atom is 0.246 e. The van der Waals surface area contributed by atoms with Crippen LogP contribution < -0.4 is 5.32 Å². The van der Waals surface area contributed by atoms with Crippen molar-refractivity contribution in [3.8, 4) is 0 Å². The highest BCUT2D eigenvalue weighted by Crippen LogP contribution is 2.33. The lowest BCUT2D eigenvalue weighted by atomic mass is 9.83. The van der Waals surface area contributed by atoms with Crippen molar-refractivity contribution in [2.24, 2.45) is 0 Å². The third-order valence-corrected chi connectivity index (χ3v) is 6.66. The molecule has 5 nitrogen and oxygen atoms in total. The third kappa shape index (κ3) is 4.05. The molecule has 1 aliphatic carbocycles. The topological polar surface area (TPSA) is 55.8 Å². The molecule has 3 rings (SSSR count). The monoisotopic (exact) mass is 373 g/mol. The number of piperidine rings is 1. The second-order valence-corrected chi connectivity index (χ2v) is 8.64. The number of anilines is 1. The second-order valence-electron chi connectivity index (χ2n) is 8.64. The Bertz CT molecular complexity index is 655. The summed E-state index contributed by atoms with van der Waals surface area (Å²) >= 11 is 0. The number of aryl methyl sites for hydroxylation is 2. The second kappa shape index (κ2) is 8.29. The van der Waals surface area contributed by atoms with E-state index in [-0.39, 0.29) is 18.1 Å². The number of likely N-dealkylation sites (tertiary alicyclic amines) is 1. The molecule has 1 aromatic carbocycles. The predicted molar refractivity (Wildman–Crippen MR) is 110 cm³/mol. The van der Waals surface area contributed by atoms with Crippen LogP contribution in [0.2, 0.25) is 0 Å². The minimum atomic E-state index is -0.565. The van der Waals surface area contributed by atoms with Crippen LogP contribution in [0.15, 0.2) is 18.2 Å². The summed E-state index contributed by atoms with van der Waals surface area (Å²) in [6.45, 7) is 5.72. The number of aliphatic hydroxyl groups excluding tert-OH is 1. The van der Waals surface area contributed by atoms with Crippen molar-refractivity contribution in [2.45, 2.75) is 70.1 Å². The standard InChI is InChI=1S/C22H35N3O2/c1-16-9-7-10-17(2)20(16)23-21(27)22(24(3)4)13-8-14-25(15-22)18-11-5-6-12-19(18)26/h7,9-10,18-19,26H,5-6,8,11-15H2,1-4H3,(H,23,27). The van der Waals surface area contributed by atoms with E-state index in [2.05, 4.69) is 15.1 Å². The molecule has 2 fully saturated rings. The molecule has 1 saturated heterocycles. The Morgan fingerprint density at radius 3 is 2.48 bits per heavy atom. The van der Waals surface area contributed by atoms with Crippen molar-refractivity contribution in [3.05, 3.63) is 29.3 Å². The number of likely N-dealkylation sites (N-methyl/N-ethyl adjacent to an activating group) is 1. The molecule has 2 N–H and O–H groups in total. The Labute approximate surface area is 163 Å². The Morgan fingerprint density at radius 2 is 1.85 bits per heavy atom. The van der Waals surface area contributed by atoms with Gasteiger partial charge in [0.25, 0.3) is 0 Å². The summed E-state index contributed by atoms with van der Waals surface area (Å²) in [4.78, 5) is 18.0. The van der Waals surface area contributed by atoms with Gasteiger partial charge in [-0.15, -0.1) is 0 Å². The molecule has 1 heterocycles. The van der Waals surface area contributed by atoms with Crippen LogP contribution in [0.1, 0.15) is 49.7 Å². The first-order valence-electron chi connectivity index (χ1n) is 10.3. The van der Waals surface area contributed by atoms with Gasteiger partial charge < -0.3 is 10.4 Å². The number of carbonyl (C=O) groups excluding carboxylic acids is 1. The van der Waals surface area contributed by atoms with Crippen LogP contribution in [0.3, 0.4) is 0 Å². The molecule has 0 radical (unpaired) electrons. The van der Waals surface area contributed by atoms with Crippen molar-refractivity contribution in [2.75, 3.05) is 32.5 Å². The molecule has 5 heteroatoms. The molecule has 1 aromatic rings. The number of hydrogen-bond donors (Lipinski definition) is 2. The van der Waals surface area contributed by atoms with E-state index in [0.717, 1.165) is 55.5 Å². The summed E-state index contributed by atoms with van der Waals surface area (Å²) < 4.78 is 0. The predicted octanol–water partition coefficient (Wildman–Crippen LogP) is 2.94. The average Bonchev–Trinajstić information content (AvgIpc) is 2.65. The van der Waals surface area contributed by atoms with Crippen LogP contribution in [-0.4, -0.2) is 65.7 Å². The van der Waals surface area contributed by atoms with Gasteiger partial charge in [-0.1, -0.05) is 31.0 Å². The van der Waals surface area contributed by atoms with E-state index in [1.165, 1.54) is 6.42 Å². The van der Waals surface area contributed by atoms with Crippen molar-refractivity contribution < 1.29 is 9.90 Å². The van der Waals surface area contributed by atoms with Crippen LogP contribution >= 0.6 is 0 Å². The minimum Gasteiger partial charge on any atom is -0.391 e. The van der Waals surface area contributed by atoms with E-state index in [4.69, 9.17) is 0 Å². The number of benzene rings is 1. The lowest BCUT2D eigenvalue weighted by Crippen LogP contribution is -2.65. The lowest BCUT2D eigenvalue weighted by Gasteiger charge is -2.49. The molecule has 2 aliphatic rings. The van der Waals surface area contributed by atoms with Gasteiger partial charge in [-0.05, 0) is 71.3 Å². The number of carbonyl (C=O) groups is 1. The van der Waals surface area contributed by atoms with Crippen molar-refractivity contribution in [3.63, 3.8) is 0 Å². The first-order chi connectivity index (χ1) is 12.8. The zero-order valence-corrected chi connectivity index (χ0v) is 17.3. The zero-order chi connectivity index (χ0) is 19.6. The molecule has 0 spiro atoms. The van der Waals surface area contributed by atoms with Gasteiger partial charge in [0.2, 0.25) is 5.91 Å². The first kappa shape index (κ1) is 20.3. The third-order valence-electron chi connectivity index (χ3n) is 6.66. The molecule has 150 valence electrons. The molecule has 3 atom stereocenters. The Kier molecular flexibility index (Phi) is 6.24. The highest BCUT2D eigenvalue weighted by Gasteiger charge is 2.46. The van der Waals surface area contributed by atoms with Gasteiger partial charge in [0.1, 0.15) is 5.54 Å². The maximum atomic E-state index is 13.5. The van der Waals surface area contributed by atoms with E-state index in [1.54, 1.807) is 0 Å². The van der Waals surface area contributed by atoms with Gasteiger partial charge in [0.05, 0.1) is 6.10 Å². The van der Waals surface area contributed by atoms with Gasteiger partial charge in [-0.25, -0.2) is 0 Å². The van der Waals surface area contributed by atoms with Crippen molar-refractivity contribution in [1.29, 1.82) is 0 Å². The molecule has 27 heavy (non-hydrogen) atoms. The fourth-order valence-electron chi connectivity index (χ4n) is 4.86. The highest BCUT2D eigenvalue weighted by molar-refractivity contribution is 5.99. The summed E-state index contributed by atoms with van der Waals surface area (Å²) in [5, 5.41) is 13.8. The molecule has 0 aromatic heterocycles. The van der Waals surface area contributed by atoms with Crippen LogP contribution in [-0.2, 0) is 4.79 Å². The average molecular weight is 374 g/mol. The number of para-hydroxylation sites is 1. The summed E-state index contributed by atoms with van der Waals surface area (Å²) in [5.41, 5.74) is 2.54. The zero-order valence-electron chi connectivity index (χ0n) is 17.3. The van der Waals surface area contributed by atoms with Gasteiger partial charge in [0, 0.05) is 18.3 Å². The molecular weight excluding hydrogens is 338 g/mol. The normalized spacial score (nSPS) is 29.7. The van der Waals surface area contributed by atoms with Gasteiger partial charge in [-0.2, -0.15) is 0 Å². The Morgan fingerprint density at radius 1 is 1.19 bits per heavy atom. The fourth-order valence-corrected chi connectivity index (χ4v) is 4.86. The highest BCUT2D eigenvalue weighted by atomic mass is 16.3. The van der Waals surface area contributed by atoms with E-state index in [0.29, 0.717) is 6.54 Å². The van der Waals surface area contributed by atoms with Gasteiger partial charge in [-0.3, -0.25) is 14.6 Å². The van der Waals surface area contributed by atoms with Crippen molar-refractivity contribution in [1.82, 2.24) is 9.80 Å². The number of nitrogens with zero attached hydrogens (tertiary/aromatic N) is 2. The minimum absolute atomic E-state index is 0.0694. The Hall–Kier alpha value is -1.43. The largest absolute Gasteiger partial charge is 0.391 e.